The van der Waals surface area contributed by atoms with Crippen molar-refractivity contribution in [2.45, 2.75) is 23.8 Å². The van der Waals surface area contributed by atoms with Crippen LogP contribution < -0.4 is 0 Å². The lowest BCUT2D eigenvalue weighted by atomic mass is 10.1. The normalized spacial score (nSPS) is 18.0. The summed E-state index contributed by atoms with van der Waals surface area (Å²) in [6.45, 7) is 1.30. The highest BCUT2D eigenvalue weighted by atomic mass is 79.9. The number of nitrogens with zero attached hydrogens (tertiary/aromatic N) is 1. The monoisotopic (exact) mass is 399 g/mol. The van der Waals surface area contributed by atoms with Gasteiger partial charge in [-0.15, -0.1) is 0 Å². The number of benzene rings is 1. The first-order valence-corrected chi connectivity index (χ1v) is 9.52. The van der Waals surface area contributed by atoms with E-state index in [1.165, 1.54) is 10.4 Å². The fourth-order valence-corrected chi connectivity index (χ4v) is 4.41. The summed E-state index contributed by atoms with van der Waals surface area (Å²) in [5.74, 6) is -0.617. The molecule has 0 amide bonds. The van der Waals surface area contributed by atoms with E-state index in [0.29, 0.717) is 32.5 Å². The molecule has 1 aliphatic rings. The molecule has 0 atom stereocenters. The lowest BCUT2D eigenvalue weighted by Crippen LogP contribution is -2.41. The molecule has 1 heterocycles. The second-order valence-corrected chi connectivity index (χ2v) is 7.84. The quantitative estimate of drug-likeness (QED) is 0.714. The largest absolute Gasteiger partial charge is 0.377 e. The molecule has 118 valence electrons. The molecule has 4 nitrogen and oxygen atoms in total. The molecule has 0 radical (unpaired) electrons. The number of piperidine rings is 1. The molecule has 2 rings (SSSR count). The molecule has 0 unspecified atom stereocenters. The lowest BCUT2D eigenvalue weighted by Gasteiger charge is -2.31. The minimum absolute atomic E-state index is 0.0362. The first-order valence-electron chi connectivity index (χ1n) is 6.58. The second kappa shape index (κ2) is 7.37. The molecule has 8 heteroatoms. The molecule has 1 saturated heterocycles. The fourth-order valence-electron chi connectivity index (χ4n) is 2.26. The van der Waals surface area contributed by atoms with Crippen LogP contribution in [0.1, 0.15) is 12.8 Å². The SMILES string of the molecule is O=S(=O)(c1cc(F)ccc1Cl)N1CCC(OCCBr)CC1. The Labute approximate surface area is 137 Å². The van der Waals surface area contributed by atoms with Crippen molar-refractivity contribution >= 4 is 37.6 Å². The second-order valence-electron chi connectivity index (χ2n) is 4.74. The summed E-state index contributed by atoms with van der Waals surface area (Å²) in [6.07, 6.45) is 1.31. The van der Waals surface area contributed by atoms with E-state index < -0.39 is 15.8 Å². The average Bonchev–Trinajstić information content (AvgIpc) is 2.48. The standard InChI is InChI=1S/C13H16BrClFNO3S/c14-5-8-20-11-3-6-17(7-4-11)21(18,19)13-9-10(16)1-2-12(13)15/h1-2,9,11H,3-8H2. The molecule has 0 aromatic heterocycles. The maximum absolute atomic E-state index is 13.3. The van der Waals surface area contributed by atoms with Crippen LogP contribution in [-0.4, -0.2) is 43.9 Å². The molecule has 0 N–H and O–H groups in total. The van der Waals surface area contributed by atoms with E-state index in [-0.39, 0.29) is 16.0 Å². The van der Waals surface area contributed by atoms with Gasteiger partial charge in [-0.3, -0.25) is 0 Å². The van der Waals surface area contributed by atoms with E-state index in [1.54, 1.807) is 0 Å². The predicted octanol–water partition coefficient (Wildman–Crippen LogP) is 3.04. The molecule has 21 heavy (non-hydrogen) atoms. The summed E-state index contributed by atoms with van der Waals surface area (Å²) >= 11 is 9.18. The Bertz CT molecular complexity index is 591. The van der Waals surface area contributed by atoms with Gasteiger partial charge in [0.15, 0.2) is 0 Å². The summed E-state index contributed by atoms with van der Waals surface area (Å²) in [5, 5.41) is 0.791. The highest BCUT2D eigenvalue weighted by Gasteiger charge is 2.31. The minimum atomic E-state index is -3.76. The van der Waals surface area contributed by atoms with E-state index >= 15 is 0 Å². The number of alkyl halides is 1. The van der Waals surface area contributed by atoms with Crippen LogP contribution in [0.3, 0.4) is 0 Å². The van der Waals surface area contributed by atoms with E-state index in [4.69, 9.17) is 16.3 Å². The molecule has 1 aliphatic heterocycles. The topological polar surface area (TPSA) is 46.6 Å². The third kappa shape index (κ3) is 4.16. The molecule has 1 aromatic carbocycles. The van der Waals surface area contributed by atoms with Gasteiger partial charge in [-0.25, -0.2) is 12.8 Å². The number of rotatable bonds is 5. The summed E-state index contributed by atoms with van der Waals surface area (Å²) in [5.41, 5.74) is 0. The summed E-state index contributed by atoms with van der Waals surface area (Å²) < 4.78 is 45.2. The maximum atomic E-state index is 13.3. The molecule has 1 aromatic rings. The van der Waals surface area contributed by atoms with Gasteiger partial charge in [-0.2, -0.15) is 4.31 Å². The molecular formula is C13H16BrClFNO3S. The van der Waals surface area contributed by atoms with Crippen molar-refractivity contribution in [2.75, 3.05) is 25.0 Å². The Morgan fingerprint density at radius 1 is 1.38 bits per heavy atom. The zero-order valence-corrected chi connectivity index (χ0v) is 14.4. The van der Waals surface area contributed by atoms with Crippen LogP contribution in [0.25, 0.3) is 0 Å². The van der Waals surface area contributed by atoms with Gasteiger partial charge in [0.1, 0.15) is 10.7 Å². The van der Waals surface area contributed by atoms with Crippen LogP contribution in [0.2, 0.25) is 5.02 Å². The van der Waals surface area contributed by atoms with Gasteiger partial charge >= 0.3 is 0 Å². The van der Waals surface area contributed by atoms with Gasteiger partial charge in [0.05, 0.1) is 17.7 Å². The zero-order chi connectivity index (χ0) is 15.5. The van der Waals surface area contributed by atoms with E-state index in [2.05, 4.69) is 15.9 Å². The van der Waals surface area contributed by atoms with Gasteiger partial charge in [-0.05, 0) is 31.0 Å². The zero-order valence-electron chi connectivity index (χ0n) is 11.3. The van der Waals surface area contributed by atoms with Crippen LogP contribution >= 0.6 is 27.5 Å². The minimum Gasteiger partial charge on any atom is -0.377 e. The number of hydrogen-bond donors (Lipinski definition) is 0. The van der Waals surface area contributed by atoms with Crippen molar-refractivity contribution in [1.29, 1.82) is 0 Å². The fraction of sp³-hybridized carbons (Fsp3) is 0.538. The Balaban J connectivity index is 2.10. The first-order chi connectivity index (χ1) is 9.95. The van der Waals surface area contributed by atoms with E-state index in [1.807, 2.05) is 0 Å². The van der Waals surface area contributed by atoms with Crippen LogP contribution in [-0.2, 0) is 14.8 Å². The van der Waals surface area contributed by atoms with Gasteiger partial charge in [0.25, 0.3) is 0 Å². The number of hydrogen-bond acceptors (Lipinski definition) is 3. The van der Waals surface area contributed by atoms with Crippen molar-refractivity contribution in [1.82, 2.24) is 4.31 Å². The van der Waals surface area contributed by atoms with Gasteiger partial charge < -0.3 is 4.74 Å². The van der Waals surface area contributed by atoms with Crippen molar-refractivity contribution in [3.05, 3.63) is 29.0 Å². The molecule has 0 spiro atoms. The third-order valence-electron chi connectivity index (χ3n) is 3.34. The Kier molecular flexibility index (Phi) is 6.02. The number of sulfonamides is 1. The number of halogens is 3. The first kappa shape index (κ1) is 17.1. The Morgan fingerprint density at radius 2 is 2.05 bits per heavy atom. The van der Waals surface area contributed by atoms with Crippen molar-refractivity contribution in [3.63, 3.8) is 0 Å². The predicted molar refractivity (Wildman–Crippen MR) is 82.9 cm³/mol. The molecule has 1 fully saturated rings. The molecular weight excluding hydrogens is 385 g/mol. The lowest BCUT2D eigenvalue weighted by molar-refractivity contribution is 0.0309. The maximum Gasteiger partial charge on any atom is 0.244 e. The van der Waals surface area contributed by atoms with Crippen LogP contribution in [0.4, 0.5) is 4.39 Å². The smallest absolute Gasteiger partial charge is 0.244 e. The molecule has 0 saturated carbocycles. The van der Waals surface area contributed by atoms with Crippen LogP contribution in [0.15, 0.2) is 23.1 Å². The molecule has 0 bridgehead atoms. The highest BCUT2D eigenvalue weighted by molar-refractivity contribution is 9.09. The Hall–Kier alpha value is -0.210. The van der Waals surface area contributed by atoms with Crippen LogP contribution in [0, 0.1) is 5.82 Å². The Morgan fingerprint density at radius 3 is 2.67 bits per heavy atom. The van der Waals surface area contributed by atoms with E-state index in [0.717, 1.165) is 17.5 Å². The van der Waals surface area contributed by atoms with Crippen molar-refractivity contribution in [2.24, 2.45) is 0 Å². The van der Waals surface area contributed by atoms with Gasteiger partial charge in [0, 0.05) is 18.4 Å². The third-order valence-corrected chi connectivity index (χ3v) is 6.05. The molecule has 0 aliphatic carbocycles. The van der Waals surface area contributed by atoms with Crippen molar-refractivity contribution < 1.29 is 17.5 Å². The van der Waals surface area contributed by atoms with Crippen molar-refractivity contribution in [3.8, 4) is 0 Å². The summed E-state index contributed by atoms with van der Waals surface area (Å²) in [4.78, 5) is -0.177. The average molecular weight is 401 g/mol. The number of ether oxygens (including phenoxy) is 1. The van der Waals surface area contributed by atoms with E-state index in [9.17, 15) is 12.8 Å². The van der Waals surface area contributed by atoms with Gasteiger partial charge in [0.2, 0.25) is 10.0 Å². The summed E-state index contributed by atoms with van der Waals surface area (Å²) in [7, 11) is -3.76. The van der Waals surface area contributed by atoms with Crippen LogP contribution in [0.5, 0.6) is 0 Å². The summed E-state index contributed by atoms with van der Waals surface area (Å²) in [6, 6.07) is 3.36. The van der Waals surface area contributed by atoms with Gasteiger partial charge in [-0.1, -0.05) is 27.5 Å². The highest BCUT2D eigenvalue weighted by Crippen LogP contribution is 2.28.